The second kappa shape index (κ2) is 7.08. The van der Waals surface area contributed by atoms with Crippen molar-refractivity contribution < 1.29 is 4.79 Å². The highest BCUT2D eigenvalue weighted by Gasteiger charge is 2.45. The van der Waals surface area contributed by atoms with Crippen molar-refractivity contribution >= 4 is 5.91 Å². The molecule has 3 aliphatic heterocycles. The number of amides is 1. The lowest BCUT2D eigenvalue weighted by Crippen LogP contribution is -2.63. The number of nitrogens with zero attached hydrogens (tertiary/aromatic N) is 2. The highest BCUT2D eigenvalue weighted by Crippen LogP contribution is 2.40. The van der Waals surface area contributed by atoms with E-state index in [2.05, 4.69) is 40.1 Å². The van der Waals surface area contributed by atoms with E-state index in [0.717, 1.165) is 19.6 Å². The maximum Gasteiger partial charge on any atom is 0.239 e. The standard InChI is InChI=1S/C21H31N3O/c1-15(22)21(25)23-12-17-10-18(14-23)20-9-5-8-19(24(20)13-17)11-16-6-3-2-4-7-16/h2-4,6-7,15,17-20H,5,8-14,22H2,1H3/t15-,17+,18-,19-,20+/m1/s1. The van der Waals surface area contributed by atoms with Gasteiger partial charge in [0.15, 0.2) is 0 Å². The maximum atomic E-state index is 12.4. The van der Waals surface area contributed by atoms with Crippen LogP contribution >= 0.6 is 0 Å². The zero-order valence-electron chi connectivity index (χ0n) is 15.3. The Kier molecular flexibility index (Phi) is 4.83. The number of rotatable bonds is 3. The molecule has 136 valence electrons. The molecule has 0 aliphatic carbocycles. The van der Waals surface area contributed by atoms with Crippen LogP contribution < -0.4 is 5.73 Å². The van der Waals surface area contributed by atoms with E-state index in [9.17, 15) is 4.79 Å². The quantitative estimate of drug-likeness (QED) is 0.918. The Bertz CT molecular complexity index is 602. The number of nitrogens with two attached hydrogens (primary N) is 1. The van der Waals surface area contributed by atoms with E-state index >= 15 is 0 Å². The van der Waals surface area contributed by atoms with Crippen molar-refractivity contribution in [3.8, 4) is 0 Å². The van der Waals surface area contributed by atoms with Gasteiger partial charge in [-0.15, -0.1) is 0 Å². The van der Waals surface area contributed by atoms with Gasteiger partial charge in [-0.1, -0.05) is 36.8 Å². The van der Waals surface area contributed by atoms with Crippen LogP contribution in [0.25, 0.3) is 0 Å². The van der Waals surface area contributed by atoms with E-state index in [-0.39, 0.29) is 11.9 Å². The second-order valence-corrected chi connectivity index (χ2v) is 8.43. The third-order valence-electron chi connectivity index (χ3n) is 6.53. The summed E-state index contributed by atoms with van der Waals surface area (Å²) in [5, 5.41) is 0. The number of carbonyl (C=O) groups is 1. The first kappa shape index (κ1) is 17.0. The molecule has 0 aromatic heterocycles. The van der Waals surface area contributed by atoms with Gasteiger partial charge in [0.1, 0.15) is 0 Å². The van der Waals surface area contributed by atoms with Crippen molar-refractivity contribution in [2.45, 2.75) is 57.2 Å². The summed E-state index contributed by atoms with van der Waals surface area (Å²) in [6, 6.07) is 11.9. The van der Waals surface area contributed by atoms with Gasteiger partial charge in [-0.2, -0.15) is 0 Å². The molecular formula is C21H31N3O. The fourth-order valence-electron chi connectivity index (χ4n) is 5.49. The van der Waals surface area contributed by atoms with Gasteiger partial charge in [-0.3, -0.25) is 9.69 Å². The number of hydrogen-bond acceptors (Lipinski definition) is 3. The van der Waals surface area contributed by atoms with E-state index in [1.165, 1.54) is 37.7 Å². The average molecular weight is 341 g/mol. The zero-order valence-corrected chi connectivity index (χ0v) is 15.3. The van der Waals surface area contributed by atoms with Crippen molar-refractivity contribution in [1.29, 1.82) is 0 Å². The third-order valence-corrected chi connectivity index (χ3v) is 6.53. The highest BCUT2D eigenvalue weighted by atomic mass is 16.2. The zero-order chi connectivity index (χ0) is 17.4. The summed E-state index contributed by atoms with van der Waals surface area (Å²) in [5.41, 5.74) is 7.31. The molecule has 5 atom stereocenters. The maximum absolute atomic E-state index is 12.4. The molecule has 4 nitrogen and oxygen atoms in total. The fraction of sp³-hybridized carbons (Fsp3) is 0.667. The third kappa shape index (κ3) is 3.47. The van der Waals surface area contributed by atoms with Crippen LogP contribution in [-0.2, 0) is 11.2 Å². The minimum absolute atomic E-state index is 0.139. The molecule has 4 rings (SSSR count). The first-order valence-corrected chi connectivity index (χ1v) is 9.96. The predicted octanol–water partition coefficient (Wildman–Crippen LogP) is 2.28. The fourth-order valence-corrected chi connectivity index (χ4v) is 5.49. The van der Waals surface area contributed by atoms with E-state index < -0.39 is 0 Å². The number of fused-ring (bicyclic) bond motifs is 4. The van der Waals surface area contributed by atoms with Gasteiger partial charge in [0.2, 0.25) is 5.91 Å². The Hall–Kier alpha value is -1.39. The van der Waals surface area contributed by atoms with Crippen molar-refractivity contribution in [3.63, 3.8) is 0 Å². The number of likely N-dealkylation sites (tertiary alicyclic amines) is 1. The molecule has 0 saturated carbocycles. The lowest BCUT2D eigenvalue weighted by atomic mass is 9.74. The summed E-state index contributed by atoms with van der Waals surface area (Å²) in [6.45, 7) is 4.78. The van der Waals surface area contributed by atoms with Gasteiger partial charge in [0, 0.05) is 31.7 Å². The first-order valence-electron chi connectivity index (χ1n) is 9.96. The Morgan fingerprint density at radius 2 is 2.00 bits per heavy atom. The summed E-state index contributed by atoms with van der Waals surface area (Å²) in [6.07, 6.45) is 6.39. The summed E-state index contributed by atoms with van der Waals surface area (Å²) < 4.78 is 0. The molecular weight excluding hydrogens is 310 g/mol. The Labute approximate surface area is 151 Å². The smallest absolute Gasteiger partial charge is 0.239 e. The highest BCUT2D eigenvalue weighted by molar-refractivity contribution is 5.81. The monoisotopic (exact) mass is 341 g/mol. The van der Waals surface area contributed by atoms with Crippen LogP contribution in [0.2, 0.25) is 0 Å². The Morgan fingerprint density at radius 1 is 1.20 bits per heavy atom. The van der Waals surface area contributed by atoms with Crippen LogP contribution in [0.15, 0.2) is 30.3 Å². The molecule has 0 unspecified atom stereocenters. The molecule has 25 heavy (non-hydrogen) atoms. The second-order valence-electron chi connectivity index (χ2n) is 8.43. The molecule has 3 saturated heterocycles. The minimum Gasteiger partial charge on any atom is -0.341 e. The van der Waals surface area contributed by atoms with Gasteiger partial charge in [-0.05, 0) is 50.0 Å². The molecule has 2 N–H and O–H groups in total. The van der Waals surface area contributed by atoms with Gasteiger partial charge in [0.05, 0.1) is 6.04 Å². The molecule has 0 radical (unpaired) electrons. The van der Waals surface area contributed by atoms with Crippen molar-refractivity contribution in [1.82, 2.24) is 9.80 Å². The molecule has 2 bridgehead atoms. The summed E-state index contributed by atoms with van der Waals surface area (Å²) in [5.74, 6) is 1.39. The molecule has 1 amide bonds. The molecule has 1 aromatic carbocycles. The van der Waals surface area contributed by atoms with Gasteiger partial charge in [0.25, 0.3) is 0 Å². The normalized spacial score (nSPS) is 33.6. The van der Waals surface area contributed by atoms with Crippen molar-refractivity contribution in [2.24, 2.45) is 17.6 Å². The molecule has 3 fully saturated rings. The van der Waals surface area contributed by atoms with E-state index in [1.807, 2.05) is 6.92 Å². The SMILES string of the molecule is C[C@@H](N)C(=O)N1C[C@@H]2C[C@H](C1)[C@@H]1CCC[C@H](Cc3ccccc3)N1C2. The number of piperidine rings is 3. The van der Waals surface area contributed by atoms with Crippen molar-refractivity contribution in [3.05, 3.63) is 35.9 Å². The Morgan fingerprint density at radius 3 is 2.76 bits per heavy atom. The summed E-state index contributed by atoms with van der Waals surface area (Å²) in [4.78, 5) is 17.2. The molecule has 1 aromatic rings. The number of hydrogen-bond donors (Lipinski definition) is 1. The van der Waals surface area contributed by atoms with E-state index in [0.29, 0.717) is 23.9 Å². The van der Waals surface area contributed by atoms with Gasteiger partial charge in [-0.25, -0.2) is 0 Å². The van der Waals surface area contributed by atoms with Crippen LogP contribution in [0, 0.1) is 11.8 Å². The number of carbonyl (C=O) groups excluding carboxylic acids is 1. The van der Waals surface area contributed by atoms with E-state index in [1.54, 1.807) is 0 Å². The van der Waals surface area contributed by atoms with Crippen LogP contribution in [0.3, 0.4) is 0 Å². The van der Waals surface area contributed by atoms with Gasteiger partial charge < -0.3 is 10.6 Å². The van der Waals surface area contributed by atoms with Gasteiger partial charge >= 0.3 is 0 Å². The molecule has 3 heterocycles. The average Bonchev–Trinajstić information content (AvgIpc) is 2.62. The lowest BCUT2D eigenvalue weighted by Gasteiger charge is -2.55. The lowest BCUT2D eigenvalue weighted by molar-refractivity contribution is -0.139. The predicted molar refractivity (Wildman–Crippen MR) is 100 cm³/mol. The van der Waals surface area contributed by atoms with Crippen molar-refractivity contribution in [2.75, 3.05) is 19.6 Å². The summed E-state index contributed by atoms with van der Waals surface area (Å²) in [7, 11) is 0. The van der Waals surface area contributed by atoms with Crippen LogP contribution in [0.4, 0.5) is 0 Å². The molecule has 4 heteroatoms. The first-order chi connectivity index (χ1) is 12.1. The van der Waals surface area contributed by atoms with Crippen LogP contribution in [0.5, 0.6) is 0 Å². The topological polar surface area (TPSA) is 49.6 Å². The number of benzene rings is 1. The molecule has 0 spiro atoms. The molecule has 3 aliphatic rings. The van der Waals surface area contributed by atoms with Crippen LogP contribution in [-0.4, -0.2) is 53.5 Å². The minimum atomic E-state index is -0.368. The Balaban J connectivity index is 1.48. The summed E-state index contributed by atoms with van der Waals surface area (Å²) >= 11 is 0. The van der Waals surface area contributed by atoms with E-state index in [4.69, 9.17) is 5.73 Å². The largest absolute Gasteiger partial charge is 0.341 e. The van der Waals surface area contributed by atoms with Crippen LogP contribution in [0.1, 0.15) is 38.2 Å².